The second-order valence-electron chi connectivity index (χ2n) is 7.21. The first-order valence-electron chi connectivity index (χ1n) is 10.1. The SMILES string of the molecule is COCCOCCOCCCC(=O)c1ccc2ccc3cccc4ccc1c2c34. The Kier molecular flexibility index (Phi) is 6.35. The van der Waals surface area contributed by atoms with Crippen LogP contribution in [0.4, 0.5) is 0 Å². The predicted molar refractivity (Wildman–Crippen MR) is 117 cm³/mol. The van der Waals surface area contributed by atoms with E-state index < -0.39 is 0 Å². The minimum absolute atomic E-state index is 0.169. The molecule has 0 aliphatic heterocycles. The van der Waals surface area contributed by atoms with Crippen molar-refractivity contribution in [1.29, 1.82) is 0 Å². The maximum absolute atomic E-state index is 12.9. The highest BCUT2D eigenvalue weighted by molar-refractivity contribution is 6.26. The molecule has 4 rings (SSSR count). The molecule has 4 aromatic rings. The van der Waals surface area contributed by atoms with Gasteiger partial charge in [0.15, 0.2) is 5.78 Å². The van der Waals surface area contributed by atoms with E-state index in [0.717, 1.165) is 10.9 Å². The van der Waals surface area contributed by atoms with Crippen LogP contribution in [0.3, 0.4) is 0 Å². The summed E-state index contributed by atoms with van der Waals surface area (Å²) in [5.74, 6) is 0.169. The highest BCUT2D eigenvalue weighted by Gasteiger charge is 2.14. The molecule has 0 heterocycles. The van der Waals surface area contributed by atoms with Crippen LogP contribution in [0.2, 0.25) is 0 Å². The van der Waals surface area contributed by atoms with Crippen molar-refractivity contribution in [2.24, 2.45) is 0 Å². The van der Waals surface area contributed by atoms with Crippen LogP contribution < -0.4 is 0 Å². The molecule has 29 heavy (non-hydrogen) atoms. The lowest BCUT2D eigenvalue weighted by Gasteiger charge is -2.13. The van der Waals surface area contributed by atoms with Crippen molar-refractivity contribution >= 4 is 38.1 Å². The van der Waals surface area contributed by atoms with Crippen molar-refractivity contribution in [1.82, 2.24) is 0 Å². The summed E-state index contributed by atoms with van der Waals surface area (Å²) < 4.78 is 15.8. The summed E-state index contributed by atoms with van der Waals surface area (Å²) in [6, 6.07) is 18.9. The Morgan fingerprint density at radius 2 is 1.34 bits per heavy atom. The maximum Gasteiger partial charge on any atom is 0.163 e. The van der Waals surface area contributed by atoms with Gasteiger partial charge in [-0.15, -0.1) is 0 Å². The lowest BCUT2D eigenvalue weighted by Crippen LogP contribution is -2.09. The number of benzene rings is 4. The minimum Gasteiger partial charge on any atom is -0.382 e. The first kappa shape index (κ1) is 19.8. The van der Waals surface area contributed by atoms with E-state index in [2.05, 4.69) is 48.5 Å². The highest BCUT2D eigenvalue weighted by Crippen LogP contribution is 2.36. The van der Waals surface area contributed by atoms with Crippen molar-refractivity contribution in [3.8, 4) is 0 Å². The van der Waals surface area contributed by atoms with E-state index in [1.165, 1.54) is 26.9 Å². The van der Waals surface area contributed by atoms with Crippen LogP contribution in [0, 0.1) is 0 Å². The number of hydrogen-bond donors (Lipinski definition) is 0. The Labute approximate surface area is 170 Å². The molecule has 0 radical (unpaired) electrons. The first-order chi connectivity index (χ1) is 14.3. The molecule has 4 heteroatoms. The number of rotatable bonds is 11. The second kappa shape index (κ2) is 9.31. The molecule has 0 saturated carbocycles. The van der Waals surface area contributed by atoms with Crippen molar-refractivity contribution in [2.45, 2.75) is 12.8 Å². The lowest BCUT2D eigenvalue weighted by atomic mass is 9.90. The van der Waals surface area contributed by atoms with Crippen LogP contribution in [-0.4, -0.2) is 45.9 Å². The molecule has 0 aliphatic rings. The third kappa shape index (κ3) is 4.25. The molecule has 0 saturated heterocycles. The fraction of sp³-hybridized carbons (Fsp3) is 0.320. The molecule has 0 N–H and O–H groups in total. The van der Waals surface area contributed by atoms with Crippen LogP contribution in [0.1, 0.15) is 23.2 Å². The highest BCUT2D eigenvalue weighted by atomic mass is 16.5. The number of methoxy groups -OCH3 is 1. The quantitative estimate of drug-likeness (QED) is 0.200. The molecule has 0 atom stereocenters. The number of carbonyl (C=O) groups is 1. The van der Waals surface area contributed by atoms with Crippen molar-refractivity contribution in [3.05, 3.63) is 60.2 Å². The number of Topliss-reactive ketones (excluding diaryl/α,β-unsaturated/α-hetero) is 1. The second-order valence-corrected chi connectivity index (χ2v) is 7.21. The summed E-state index contributed by atoms with van der Waals surface area (Å²) >= 11 is 0. The maximum atomic E-state index is 12.9. The summed E-state index contributed by atoms with van der Waals surface area (Å²) in [6.45, 7) is 2.81. The molecule has 0 aromatic heterocycles. The predicted octanol–water partition coefficient (Wildman–Crippen LogP) is 5.23. The van der Waals surface area contributed by atoms with Gasteiger partial charge in [-0.3, -0.25) is 4.79 Å². The van der Waals surface area contributed by atoms with E-state index in [9.17, 15) is 4.79 Å². The van der Waals surface area contributed by atoms with Gasteiger partial charge in [-0.25, -0.2) is 0 Å². The molecule has 0 amide bonds. The van der Waals surface area contributed by atoms with E-state index in [4.69, 9.17) is 14.2 Å². The van der Waals surface area contributed by atoms with E-state index in [0.29, 0.717) is 45.9 Å². The number of ketones is 1. The zero-order valence-corrected chi connectivity index (χ0v) is 16.8. The fourth-order valence-electron chi connectivity index (χ4n) is 3.91. The third-order valence-electron chi connectivity index (χ3n) is 5.33. The Bertz CT molecular complexity index is 1090. The van der Waals surface area contributed by atoms with Gasteiger partial charge < -0.3 is 14.2 Å². The zero-order chi connectivity index (χ0) is 20.1. The molecule has 0 bridgehead atoms. The van der Waals surface area contributed by atoms with Crippen LogP contribution >= 0.6 is 0 Å². The van der Waals surface area contributed by atoms with E-state index >= 15 is 0 Å². The van der Waals surface area contributed by atoms with Gasteiger partial charge in [0, 0.05) is 25.7 Å². The van der Waals surface area contributed by atoms with Crippen LogP contribution in [0.5, 0.6) is 0 Å². The Balaban J connectivity index is 1.42. The summed E-state index contributed by atoms with van der Waals surface area (Å²) in [6.07, 6.45) is 1.19. The molecule has 0 unspecified atom stereocenters. The Hall–Kier alpha value is -2.53. The van der Waals surface area contributed by atoms with E-state index in [1.54, 1.807) is 7.11 Å². The van der Waals surface area contributed by atoms with Gasteiger partial charge in [-0.1, -0.05) is 54.6 Å². The molecule has 0 fully saturated rings. The van der Waals surface area contributed by atoms with Crippen LogP contribution in [-0.2, 0) is 14.2 Å². The average molecular weight is 390 g/mol. The van der Waals surface area contributed by atoms with E-state index in [1.807, 2.05) is 6.07 Å². The standard InChI is InChI=1S/C25H26O4/c1-27-14-15-29-17-16-28-13-3-6-23(26)21-11-9-20-8-7-18-4-2-5-19-10-12-22(21)25(20)24(18)19/h2,4-5,7-12H,3,6,13-17H2,1H3. The zero-order valence-electron chi connectivity index (χ0n) is 16.8. The molecule has 4 nitrogen and oxygen atoms in total. The van der Waals surface area contributed by atoms with Gasteiger partial charge in [0.25, 0.3) is 0 Å². The molecule has 0 spiro atoms. The number of hydrogen-bond acceptors (Lipinski definition) is 4. The third-order valence-corrected chi connectivity index (χ3v) is 5.33. The lowest BCUT2D eigenvalue weighted by molar-refractivity contribution is 0.0240. The van der Waals surface area contributed by atoms with Crippen LogP contribution in [0.25, 0.3) is 32.3 Å². The molecular weight excluding hydrogens is 364 g/mol. The smallest absolute Gasteiger partial charge is 0.163 e. The molecular formula is C25H26O4. The fourth-order valence-corrected chi connectivity index (χ4v) is 3.91. The average Bonchev–Trinajstić information content (AvgIpc) is 2.76. The van der Waals surface area contributed by atoms with Gasteiger partial charge >= 0.3 is 0 Å². The molecule has 0 aliphatic carbocycles. The topological polar surface area (TPSA) is 44.8 Å². The monoisotopic (exact) mass is 390 g/mol. The molecule has 150 valence electrons. The summed E-state index contributed by atoms with van der Waals surface area (Å²) in [7, 11) is 1.65. The summed E-state index contributed by atoms with van der Waals surface area (Å²) in [5, 5.41) is 7.09. The van der Waals surface area contributed by atoms with Crippen LogP contribution in [0.15, 0.2) is 54.6 Å². The van der Waals surface area contributed by atoms with Crippen molar-refractivity contribution < 1.29 is 19.0 Å². The van der Waals surface area contributed by atoms with E-state index in [-0.39, 0.29) is 5.78 Å². The first-order valence-corrected chi connectivity index (χ1v) is 10.1. The number of carbonyl (C=O) groups excluding carboxylic acids is 1. The van der Waals surface area contributed by atoms with Gasteiger partial charge in [0.2, 0.25) is 0 Å². The van der Waals surface area contributed by atoms with Gasteiger partial charge in [0.1, 0.15) is 0 Å². The Morgan fingerprint density at radius 3 is 2.10 bits per heavy atom. The minimum atomic E-state index is 0.169. The van der Waals surface area contributed by atoms with Gasteiger partial charge in [-0.05, 0) is 38.7 Å². The molecule has 4 aromatic carbocycles. The van der Waals surface area contributed by atoms with Gasteiger partial charge in [0.05, 0.1) is 26.4 Å². The van der Waals surface area contributed by atoms with Crippen molar-refractivity contribution in [3.63, 3.8) is 0 Å². The largest absolute Gasteiger partial charge is 0.382 e. The van der Waals surface area contributed by atoms with Crippen molar-refractivity contribution in [2.75, 3.05) is 40.1 Å². The number of ether oxygens (including phenoxy) is 3. The Morgan fingerprint density at radius 1 is 0.724 bits per heavy atom. The normalized spacial score (nSPS) is 11.8. The van der Waals surface area contributed by atoms with Gasteiger partial charge in [-0.2, -0.15) is 0 Å². The summed E-state index contributed by atoms with van der Waals surface area (Å²) in [5.41, 5.74) is 0.804. The summed E-state index contributed by atoms with van der Waals surface area (Å²) in [4.78, 5) is 12.9.